The summed E-state index contributed by atoms with van der Waals surface area (Å²) in [5, 5.41) is 23.3. The fourth-order valence-corrected chi connectivity index (χ4v) is 7.08. The Labute approximate surface area is 291 Å². The fraction of sp³-hybridized carbons (Fsp3) is 0.359. The van der Waals surface area contributed by atoms with E-state index in [9.17, 15) is 25.0 Å². The summed E-state index contributed by atoms with van der Waals surface area (Å²) < 4.78 is 11.4. The van der Waals surface area contributed by atoms with Gasteiger partial charge in [0.25, 0.3) is 11.4 Å². The van der Waals surface area contributed by atoms with E-state index in [1.165, 1.54) is 47.5 Å². The molecule has 260 valence electrons. The fourth-order valence-electron chi connectivity index (χ4n) is 7.08. The third-order valence-corrected chi connectivity index (χ3v) is 9.83. The van der Waals surface area contributed by atoms with Crippen LogP contribution in [0.2, 0.25) is 0 Å². The zero-order chi connectivity index (χ0) is 34.9. The number of non-ortho nitro benzene ring substituents is 2. The predicted molar refractivity (Wildman–Crippen MR) is 189 cm³/mol. The van der Waals surface area contributed by atoms with E-state index < -0.39 is 16.0 Å². The van der Waals surface area contributed by atoms with Crippen molar-refractivity contribution in [1.82, 2.24) is 9.80 Å². The van der Waals surface area contributed by atoms with Gasteiger partial charge in [-0.15, -0.1) is 0 Å². The second kappa shape index (κ2) is 16.5. The van der Waals surface area contributed by atoms with Gasteiger partial charge in [0.1, 0.15) is 11.5 Å². The van der Waals surface area contributed by atoms with Crippen molar-refractivity contribution in [1.29, 1.82) is 0 Å². The highest BCUT2D eigenvalue weighted by Crippen LogP contribution is 2.33. The van der Waals surface area contributed by atoms with Crippen molar-refractivity contribution >= 4 is 17.5 Å². The monoisotopic (exact) mass is 678 g/mol. The first kappa shape index (κ1) is 34.7. The van der Waals surface area contributed by atoms with Crippen molar-refractivity contribution in [2.24, 2.45) is 11.8 Å². The summed E-state index contributed by atoms with van der Waals surface area (Å²) in [6.45, 7) is 5.37. The van der Waals surface area contributed by atoms with Gasteiger partial charge in [0.05, 0.1) is 9.85 Å². The SMILES string of the molecule is O=C(Oc1ccc([N+](=O)[O-])cc1CC1CCN(Cc2ccccc2)CC1)Oc1ccc([N+](=O)[O-])cc1CC1CCN(Cc2ccccc2)CC1. The molecule has 4 aromatic carbocycles. The first-order valence-corrected chi connectivity index (χ1v) is 17.3. The molecule has 0 bridgehead atoms. The second-order valence-electron chi connectivity index (χ2n) is 13.4. The minimum absolute atomic E-state index is 0.0743. The third kappa shape index (κ3) is 9.52. The number of nitro groups is 2. The number of rotatable bonds is 12. The highest BCUT2D eigenvalue weighted by atomic mass is 16.7. The lowest BCUT2D eigenvalue weighted by Gasteiger charge is -2.32. The van der Waals surface area contributed by atoms with Crippen LogP contribution in [0.15, 0.2) is 97.1 Å². The number of hydrogen-bond acceptors (Lipinski definition) is 9. The molecule has 11 heteroatoms. The minimum Gasteiger partial charge on any atom is -0.394 e. The van der Waals surface area contributed by atoms with Crippen LogP contribution in [0, 0.1) is 32.1 Å². The number of hydrogen-bond donors (Lipinski definition) is 0. The maximum Gasteiger partial charge on any atom is 0.519 e. The predicted octanol–water partition coefficient (Wildman–Crippen LogP) is 7.99. The zero-order valence-electron chi connectivity index (χ0n) is 28.0. The molecule has 2 aliphatic rings. The van der Waals surface area contributed by atoms with Crippen LogP contribution in [0.4, 0.5) is 16.2 Å². The summed E-state index contributed by atoms with van der Waals surface area (Å²) in [7, 11) is 0. The van der Waals surface area contributed by atoms with Gasteiger partial charge in [-0.1, -0.05) is 60.7 Å². The molecule has 6 rings (SSSR count). The Morgan fingerprint density at radius 1 is 0.600 bits per heavy atom. The van der Waals surface area contributed by atoms with Crippen LogP contribution in [0.3, 0.4) is 0 Å². The number of benzene rings is 4. The number of ether oxygens (including phenoxy) is 2. The molecule has 2 aliphatic heterocycles. The maximum absolute atomic E-state index is 13.2. The Hall–Kier alpha value is -5.13. The number of carbonyl (C=O) groups excluding carboxylic acids is 1. The zero-order valence-corrected chi connectivity index (χ0v) is 28.0. The molecule has 0 atom stereocenters. The van der Waals surface area contributed by atoms with E-state index >= 15 is 0 Å². The van der Waals surface area contributed by atoms with Crippen molar-refractivity contribution < 1.29 is 24.1 Å². The number of nitro benzene ring substituents is 2. The van der Waals surface area contributed by atoms with Crippen LogP contribution in [0.25, 0.3) is 0 Å². The summed E-state index contributed by atoms with van der Waals surface area (Å²) >= 11 is 0. The summed E-state index contributed by atoms with van der Waals surface area (Å²) in [6, 6.07) is 29.1. The first-order valence-electron chi connectivity index (χ1n) is 17.3. The summed E-state index contributed by atoms with van der Waals surface area (Å²) in [5.41, 5.74) is 3.52. The summed E-state index contributed by atoms with van der Waals surface area (Å²) in [4.78, 5) is 40.4. The van der Waals surface area contributed by atoms with Crippen molar-refractivity contribution in [3.05, 3.63) is 140 Å². The highest BCUT2D eigenvalue weighted by Gasteiger charge is 2.26. The standard InChI is InChI=1S/C39H42N4O7/c44-39(49-37-13-11-35(42(45)46)25-33(37)23-29-15-19-40(20-16-29)27-31-7-3-1-4-8-31)50-38-14-12-36(43(47)48)26-34(38)24-30-17-21-41(22-18-30)28-32-9-5-2-6-10-32/h1-14,25-26,29-30H,15-24,27-28H2. The van der Waals surface area contributed by atoms with Crippen LogP contribution in [0.5, 0.6) is 11.5 Å². The molecule has 0 unspecified atom stereocenters. The lowest BCUT2D eigenvalue weighted by atomic mass is 9.89. The molecule has 4 aromatic rings. The Morgan fingerprint density at radius 2 is 0.980 bits per heavy atom. The molecule has 0 saturated carbocycles. The van der Waals surface area contributed by atoms with Crippen LogP contribution < -0.4 is 9.47 Å². The highest BCUT2D eigenvalue weighted by molar-refractivity contribution is 5.69. The molecule has 0 aliphatic carbocycles. The van der Waals surface area contributed by atoms with E-state index in [0.717, 1.165) is 65.0 Å². The van der Waals surface area contributed by atoms with Crippen molar-refractivity contribution in [3.63, 3.8) is 0 Å². The van der Waals surface area contributed by atoms with E-state index in [4.69, 9.17) is 9.47 Å². The summed E-state index contributed by atoms with van der Waals surface area (Å²) in [5.74, 6) is 0.952. The van der Waals surface area contributed by atoms with Crippen LogP contribution in [-0.4, -0.2) is 52.0 Å². The van der Waals surface area contributed by atoms with Crippen molar-refractivity contribution in [2.75, 3.05) is 26.2 Å². The van der Waals surface area contributed by atoms with E-state index in [2.05, 4.69) is 34.1 Å². The van der Waals surface area contributed by atoms with Crippen LogP contribution in [-0.2, 0) is 25.9 Å². The number of likely N-dealkylation sites (tertiary alicyclic amines) is 2. The number of carbonyl (C=O) groups is 1. The smallest absolute Gasteiger partial charge is 0.394 e. The molecule has 50 heavy (non-hydrogen) atoms. The molecule has 11 nitrogen and oxygen atoms in total. The quantitative estimate of drug-likeness (QED) is 0.0634. The van der Waals surface area contributed by atoms with Crippen molar-refractivity contribution in [3.8, 4) is 11.5 Å². The van der Waals surface area contributed by atoms with Gasteiger partial charge in [-0.25, -0.2) is 4.79 Å². The van der Waals surface area contributed by atoms with Crippen LogP contribution in [0.1, 0.15) is 47.9 Å². The van der Waals surface area contributed by atoms with E-state index in [0.29, 0.717) is 24.0 Å². The summed E-state index contributed by atoms with van der Waals surface area (Å²) in [6.07, 6.45) is 3.70. The van der Waals surface area contributed by atoms with Gasteiger partial charge in [-0.2, -0.15) is 0 Å². The largest absolute Gasteiger partial charge is 0.519 e. The Kier molecular flexibility index (Phi) is 11.5. The average Bonchev–Trinajstić information content (AvgIpc) is 3.12. The Balaban J connectivity index is 1.09. The molecule has 2 fully saturated rings. The number of nitrogens with zero attached hydrogens (tertiary/aromatic N) is 4. The first-order chi connectivity index (χ1) is 24.3. The molecule has 0 amide bonds. The Bertz CT molecular complexity index is 1640. The molecule has 0 N–H and O–H groups in total. The topological polar surface area (TPSA) is 128 Å². The van der Waals surface area contributed by atoms with Gasteiger partial charge in [0, 0.05) is 48.5 Å². The lowest BCUT2D eigenvalue weighted by molar-refractivity contribution is -0.385. The minimum atomic E-state index is -0.995. The van der Waals surface area contributed by atoms with Gasteiger partial charge in [-0.3, -0.25) is 30.0 Å². The lowest BCUT2D eigenvalue weighted by Crippen LogP contribution is -2.34. The maximum atomic E-state index is 13.2. The second-order valence-corrected chi connectivity index (χ2v) is 13.4. The van der Waals surface area contributed by atoms with Gasteiger partial charge < -0.3 is 9.47 Å². The molecule has 2 saturated heterocycles. The molecule has 0 spiro atoms. The van der Waals surface area contributed by atoms with Crippen LogP contribution >= 0.6 is 0 Å². The van der Waals surface area contributed by atoms with Gasteiger partial charge in [0.15, 0.2) is 0 Å². The van der Waals surface area contributed by atoms with Gasteiger partial charge in [-0.05, 0) is 99.8 Å². The van der Waals surface area contributed by atoms with Crippen molar-refractivity contribution in [2.45, 2.75) is 51.6 Å². The molecular formula is C39H42N4O7. The van der Waals surface area contributed by atoms with E-state index in [-0.39, 0.29) is 34.7 Å². The van der Waals surface area contributed by atoms with E-state index in [1.807, 2.05) is 36.4 Å². The molecular weight excluding hydrogens is 636 g/mol. The Morgan fingerprint density at radius 3 is 1.34 bits per heavy atom. The van der Waals surface area contributed by atoms with E-state index in [1.54, 1.807) is 0 Å². The molecule has 2 heterocycles. The van der Waals surface area contributed by atoms with Gasteiger partial charge in [0.2, 0.25) is 0 Å². The number of piperidine rings is 2. The molecule has 0 aromatic heterocycles. The average molecular weight is 679 g/mol. The normalized spacial score (nSPS) is 16.2. The third-order valence-electron chi connectivity index (χ3n) is 9.83. The van der Waals surface area contributed by atoms with Gasteiger partial charge >= 0.3 is 6.16 Å². The molecule has 0 radical (unpaired) electrons.